The van der Waals surface area contributed by atoms with Crippen molar-refractivity contribution in [3.63, 3.8) is 0 Å². The van der Waals surface area contributed by atoms with Crippen molar-refractivity contribution in [2.24, 2.45) is 52.3 Å². The van der Waals surface area contributed by atoms with Gasteiger partial charge < -0.3 is 5.32 Å². The first-order valence-electron chi connectivity index (χ1n) is 13.0. The number of carbonyl (C=O) groups excluding carboxylic acids is 1. The van der Waals surface area contributed by atoms with Gasteiger partial charge in [-0.05, 0) is 90.8 Å². The Balaban J connectivity index is 1.51. The maximum Gasteiger partial charge on any atom is 0.220 e. The Morgan fingerprint density at radius 3 is 2.45 bits per heavy atom. The van der Waals surface area contributed by atoms with E-state index < -0.39 is 0 Å². The lowest BCUT2D eigenvalue weighted by atomic mass is 9.44. The Bertz CT molecular complexity index is 614. The molecule has 0 aromatic heterocycles. The summed E-state index contributed by atoms with van der Waals surface area (Å²) in [5, 5.41) is 3.41. The van der Waals surface area contributed by atoms with Crippen LogP contribution in [0.1, 0.15) is 106 Å². The molecule has 1 N–H and O–H groups in total. The monoisotopic (exact) mass is 401 g/mol. The summed E-state index contributed by atoms with van der Waals surface area (Å²) in [5.41, 5.74) is 0.904. The second-order valence-electron chi connectivity index (χ2n) is 12.7. The lowest BCUT2D eigenvalue weighted by Gasteiger charge is -2.62. The molecule has 3 unspecified atom stereocenters. The van der Waals surface area contributed by atoms with E-state index in [0.29, 0.717) is 22.8 Å². The number of hydrogen-bond donors (Lipinski definition) is 1. The van der Waals surface area contributed by atoms with Crippen LogP contribution in [0.2, 0.25) is 0 Å². The number of piperidine rings is 1. The molecule has 3 aliphatic carbocycles. The summed E-state index contributed by atoms with van der Waals surface area (Å²) in [6.45, 7) is 15.0. The molecule has 1 aliphatic heterocycles. The minimum atomic E-state index is 0.301. The molecule has 0 bridgehead atoms. The molecule has 4 rings (SSSR count). The van der Waals surface area contributed by atoms with Crippen molar-refractivity contribution in [1.82, 2.24) is 5.32 Å². The van der Waals surface area contributed by atoms with E-state index in [1.54, 1.807) is 0 Å². The van der Waals surface area contributed by atoms with Crippen molar-refractivity contribution >= 4 is 5.91 Å². The molecule has 0 aromatic carbocycles. The molecule has 4 aliphatic rings. The average Bonchev–Trinajstić information content (AvgIpc) is 3.00. The highest BCUT2D eigenvalue weighted by molar-refractivity contribution is 5.77. The summed E-state index contributed by atoms with van der Waals surface area (Å²) >= 11 is 0. The Kier molecular flexibility index (Phi) is 5.88. The molecule has 3 saturated carbocycles. The topological polar surface area (TPSA) is 29.1 Å². The third-order valence-electron chi connectivity index (χ3n) is 10.7. The molecule has 0 spiro atoms. The summed E-state index contributed by atoms with van der Waals surface area (Å²) in [5.74, 6) is 6.36. The molecule has 1 amide bonds. The van der Waals surface area contributed by atoms with Gasteiger partial charge in [-0.3, -0.25) is 4.79 Å². The molecular formula is C27H47NO. The Labute approximate surface area is 180 Å². The van der Waals surface area contributed by atoms with Crippen LogP contribution < -0.4 is 5.32 Å². The van der Waals surface area contributed by atoms with Gasteiger partial charge >= 0.3 is 0 Å². The van der Waals surface area contributed by atoms with Gasteiger partial charge in [0.1, 0.15) is 0 Å². The largest absolute Gasteiger partial charge is 0.353 e. The van der Waals surface area contributed by atoms with Crippen LogP contribution in [0.4, 0.5) is 0 Å². The van der Waals surface area contributed by atoms with Crippen LogP contribution in [0.5, 0.6) is 0 Å². The molecule has 0 radical (unpaired) electrons. The highest BCUT2D eigenvalue weighted by atomic mass is 16.1. The van der Waals surface area contributed by atoms with Gasteiger partial charge in [0, 0.05) is 12.5 Å². The van der Waals surface area contributed by atoms with Crippen molar-refractivity contribution in [3.05, 3.63) is 0 Å². The van der Waals surface area contributed by atoms with Gasteiger partial charge in [-0.25, -0.2) is 0 Å². The Hall–Kier alpha value is -0.530. The number of fused-ring (bicyclic) bond motifs is 5. The molecule has 29 heavy (non-hydrogen) atoms. The van der Waals surface area contributed by atoms with E-state index in [4.69, 9.17) is 0 Å². The molecule has 4 fully saturated rings. The first-order chi connectivity index (χ1) is 13.7. The third kappa shape index (κ3) is 3.59. The fourth-order valence-corrected chi connectivity index (χ4v) is 9.07. The number of carbonyl (C=O) groups is 1. The van der Waals surface area contributed by atoms with E-state index >= 15 is 0 Å². The van der Waals surface area contributed by atoms with E-state index in [1.807, 2.05) is 0 Å². The lowest BCUT2D eigenvalue weighted by Crippen LogP contribution is -2.63. The smallest absolute Gasteiger partial charge is 0.220 e. The van der Waals surface area contributed by atoms with Crippen LogP contribution in [-0.4, -0.2) is 11.9 Å². The van der Waals surface area contributed by atoms with Crippen molar-refractivity contribution in [2.75, 3.05) is 0 Å². The van der Waals surface area contributed by atoms with Gasteiger partial charge in [-0.1, -0.05) is 60.8 Å². The quantitative estimate of drug-likeness (QED) is 0.537. The van der Waals surface area contributed by atoms with E-state index in [2.05, 4.69) is 46.9 Å². The van der Waals surface area contributed by atoms with Crippen molar-refractivity contribution in [3.8, 4) is 0 Å². The molecule has 1 saturated heterocycles. The zero-order valence-corrected chi connectivity index (χ0v) is 20.1. The minimum Gasteiger partial charge on any atom is -0.353 e. The zero-order valence-electron chi connectivity index (χ0n) is 20.1. The van der Waals surface area contributed by atoms with Gasteiger partial charge in [0.05, 0.1) is 0 Å². The van der Waals surface area contributed by atoms with Crippen LogP contribution in [-0.2, 0) is 4.79 Å². The Morgan fingerprint density at radius 1 is 1.00 bits per heavy atom. The van der Waals surface area contributed by atoms with Gasteiger partial charge in [0.25, 0.3) is 0 Å². The summed E-state index contributed by atoms with van der Waals surface area (Å²) < 4.78 is 0. The van der Waals surface area contributed by atoms with Gasteiger partial charge in [0.2, 0.25) is 5.91 Å². The van der Waals surface area contributed by atoms with Crippen LogP contribution in [0.3, 0.4) is 0 Å². The summed E-state index contributed by atoms with van der Waals surface area (Å²) in [6, 6.07) is 0.427. The number of nitrogens with one attached hydrogen (secondary N) is 1. The van der Waals surface area contributed by atoms with E-state index in [-0.39, 0.29) is 0 Å². The number of amides is 1. The minimum absolute atomic E-state index is 0.301. The normalized spacial score (nSPS) is 47.9. The highest BCUT2D eigenvalue weighted by Crippen LogP contribution is 2.67. The average molecular weight is 402 g/mol. The van der Waals surface area contributed by atoms with Crippen molar-refractivity contribution in [1.29, 1.82) is 0 Å². The maximum absolute atomic E-state index is 12.1. The van der Waals surface area contributed by atoms with Gasteiger partial charge in [0.15, 0.2) is 0 Å². The van der Waals surface area contributed by atoms with E-state index in [1.165, 1.54) is 51.4 Å². The van der Waals surface area contributed by atoms with Crippen LogP contribution in [0.25, 0.3) is 0 Å². The number of hydrogen-bond acceptors (Lipinski definition) is 1. The number of rotatable bonds is 5. The summed E-state index contributed by atoms with van der Waals surface area (Å²) in [6.07, 6.45) is 13.1. The molecule has 1 heterocycles. The zero-order chi connectivity index (χ0) is 21.0. The molecular weight excluding hydrogens is 354 g/mol. The first kappa shape index (κ1) is 21.7. The van der Waals surface area contributed by atoms with Crippen LogP contribution in [0.15, 0.2) is 0 Å². The first-order valence-corrected chi connectivity index (χ1v) is 13.0. The standard InChI is InChI=1S/C27H47NO/c1-17(2)8-7-9-18(3)20-10-11-21-25-19(4)16-23-27(6,15-13-24(29)28-23)22(25)12-14-26(20,21)5/h17-23,25H,7-16H2,1-6H3,(H,28,29)/t18-,19-,20+,21?,22?,23+,25?,26+,27+/m0/s1. The fourth-order valence-electron chi connectivity index (χ4n) is 9.07. The fraction of sp³-hybridized carbons (Fsp3) is 0.963. The SMILES string of the molecule is CC(C)CCC[C@H](C)[C@H]1CCC2C3C(CC[C@@]21C)[C@@]1(C)CCC(=O)N[C@@H]1C[C@@H]3C. The molecule has 166 valence electrons. The summed E-state index contributed by atoms with van der Waals surface area (Å²) in [7, 11) is 0. The lowest BCUT2D eigenvalue weighted by molar-refractivity contribution is -0.144. The van der Waals surface area contributed by atoms with E-state index in [9.17, 15) is 4.79 Å². The Morgan fingerprint density at radius 2 is 1.72 bits per heavy atom. The summed E-state index contributed by atoms with van der Waals surface area (Å²) in [4.78, 5) is 12.1. The maximum atomic E-state index is 12.1. The van der Waals surface area contributed by atoms with E-state index in [0.717, 1.165) is 54.3 Å². The van der Waals surface area contributed by atoms with Crippen molar-refractivity contribution < 1.29 is 4.79 Å². The highest BCUT2D eigenvalue weighted by Gasteiger charge is 2.62. The van der Waals surface area contributed by atoms with Crippen LogP contribution >= 0.6 is 0 Å². The van der Waals surface area contributed by atoms with Gasteiger partial charge in [-0.15, -0.1) is 0 Å². The molecule has 0 aromatic rings. The molecule has 2 heteroatoms. The molecule has 9 atom stereocenters. The molecule has 2 nitrogen and oxygen atoms in total. The third-order valence-corrected chi connectivity index (χ3v) is 10.7. The van der Waals surface area contributed by atoms with Crippen molar-refractivity contribution in [2.45, 2.75) is 112 Å². The predicted molar refractivity (Wildman–Crippen MR) is 121 cm³/mol. The predicted octanol–water partition coefficient (Wildman–Crippen LogP) is 6.83. The second kappa shape index (κ2) is 7.86. The van der Waals surface area contributed by atoms with Gasteiger partial charge in [-0.2, -0.15) is 0 Å². The second-order valence-corrected chi connectivity index (χ2v) is 12.7. The van der Waals surface area contributed by atoms with Crippen LogP contribution in [0, 0.1) is 52.3 Å².